The minimum atomic E-state index is 0.216. The Kier molecular flexibility index (Phi) is 3.83. The van der Waals surface area contributed by atoms with Crippen molar-refractivity contribution in [1.82, 2.24) is 14.8 Å². The van der Waals surface area contributed by atoms with Crippen LogP contribution in [0.4, 0.5) is 0 Å². The van der Waals surface area contributed by atoms with Gasteiger partial charge in [-0.2, -0.15) is 0 Å². The fourth-order valence-electron chi connectivity index (χ4n) is 3.12. The molecule has 1 aromatic heterocycles. The number of nitrogens with one attached hydrogen (secondary N) is 1. The Balaban J connectivity index is 1.73. The van der Waals surface area contributed by atoms with Crippen molar-refractivity contribution < 1.29 is 4.79 Å². The largest absolute Gasteiger partial charge is 0.344 e. The highest BCUT2D eigenvalue weighted by molar-refractivity contribution is 5.93. The van der Waals surface area contributed by atoms with Crippen molar-refractivity contribution in [3.8, 4) is 0 Å². The van der Waals surface area contributed by atoms with Gasteiger partial charge in [0.25, 0.3) is 5.91 Å². The van der Waals surface area contributed by atoms with E-state index in [1.165, 1.54) is 25.7 Å². The molecular weight excluding hydrogens is 250 g/mol. The first kappa shape index (κ1) is 13.7. The molecule has 2 fully saturated rings. The second kappa shape index (κ2) is 5.60. The predicted octanol–water partition coefficient (Wildman–Crippen LogP) is 1.94. The van der Waals surface area contributed by atoms with Crippen molar-refractivity contribution in [2.24, 2.45) is 13.0 Å². The average molecular weight is 275 g/mol. The maximum absolute atomic E-state index is 12.8. The third kappa shape index (κ3) is 2.75. The van der Waals surface area contributed by atoms with Crippen LogP contribution in [0.2, 0.25) is 0 Å². The van der Waals surface area contributed by atoms with Gasteiger partial charge in [0.2, 0.25) is 0 Å². The number of hydrogen-bond donors (Lipinski definition) is 1. The van der Waals surface area contributed by atoms with Crippen molar-refractivity contribution in [1.29, 1.82) is 0 Å². The Morgan fingerprint density at radius 3 is 2.75 bits per heavy atom. The van der Waals surface area contributed by atoms with Crippen molar-refractivity contribution in [3.05, 3.63) is 23.5 Å². The zero-order chi connectivity index (χ0) is 14.1. The second-order valence-corrected chi connectivity index (χ2v) is 6.32. The molecule has 1 atom stereocenters. The highest BCUT2D eigenvalue weighted by atomic mass is 16.2. The Hall–Kier alpha value is -1.29. The van der Waals surface area contributed by atoms with Crippen LogP contribution < -0.4 is 5.32 Å². The molecule has 110 valence electrons. The van der Waals surface area contributed by atoms with Crippen LogP contribution in [-0.2, 0) is 7.05 Å². The van der Waals surface area contributed by atoms with Crippen LogP contribution in [0, 0.1) is 12.8 Å². The average Bonchev–Trinajstić information content (AvgIpc) is 3.25. The van der Waals surface area contributed by atoms with Crippen LogP contribution in [0.5, 0.6) is 0 Å². The van der Waals surface area contributed by atoms with Gasteiger partial charge < -0.3 is 14.8 Å². The highest BCUT2D eigenvalue weighted by Gasteiger charge is 2.35. The molecule has 1 N–H and O–H groups in total. The minimum Gasteiger partial charge on any atom is -0.344 e. The number of carbonyl (C=O) groups is 1. The molecular formula is C16H25N3O. The summed E-state index contributed by atoms with van der Waals surface area (Å²) in [6, 6.07) is 4.48. The highest BCUT2D eigenvalue weighted by Crippen LogP contribution is 2.30. The standard InChI is InChI=1S/C16H25N3O/c1-12-5-8-15(18(12)2)16(20)19(14-6-7-14)11-13-4-3-9-17-10-13/h5,8,13-14,17H,3-4,6-7,9-11H2,1-2H3. The minimum absolute atomic E-state index is 0.216. The summed E-state index contributed by atoms with van der Waals surface area (Å²) >= 11 is 0. The molecule has 0 radical (unpaired) electrons. The number of piperidine rings is 1. The van der Waals surface area contributed by atoms with E-state index < -0.39 is 0 Å². The number of carbonyl (C=O) groups excluding carboxylic acids is 1. The number of aromatic nitrogens is 1. The van der Waals surface area contributed by atoms with Crippen molar-refractivity contribution >= 4 is 5.91 Å². The lowest BCUT2D eigenvalue weighted by Crippen LogP contribution is -2.42. The van der Waals surface area contributed by atoms with Gasteiger partial charge in [-0.15, -0.1) is 0 Å². The molecule has 1 unspecified atom stereocenters. The van der Waals surface area contributed by atoms with Gasteiger partial charge in [0, 0.05) is 25.3 Å². The summed E-state index contributed by atoms with van der Waals surface area (Å²) in [5.74, 6) is 0.836. The molecule has 1 aromatic rings. The SMILES string of the molecule is Cc1ccc(C(=O)N(CC2CCCNC2)C2CC2)n1C. The lowest BCUT2D eigenvalue weighted by molar-refractivity contribution is 0.0694. The first-order chi connectivity index (χ1) is 9.66. The van der Waals surface area contributed by atoms with E-state index >= 15 is 0 Å². The summed E-state index contributed by atoms with van der Waals surface area (Å²) in [5, 5.41) is 3.45. The monoisotopic (exact) mass is 275 g/mol. The molecule has 1 aliphatic heterocycles. The molecule has 1 saturated heterocycles. The third-order valence-electron chi connectivity index (χ3n) is 4.69. The van der Waals surface area contributed by atoms with E-state index in [-0.39, 0.29) is 5.91 Å². The topological polar surface area (TPSA) is 37.3 Å². The van der Waals surface area contributed by atoms with Crippen LogP contribution >= 0.6 is 0 Å². The van der Waals surface area contributed by atoms with Gasteiger partial charge in [-0.1, -0.05) is 0 Å². The fraction of sp³-hybridized carbons (Fsp3) is 0.688. The first-order valence-corrected chi connectivity index (χ1v) is 7.81. The Labute approximate surface area is 121 Å². The number of aryl methyl sites for hydroxylation is 1. The molecule has 3 rings (SSSR count). The smallest absolute Gasteiger partial charge is 0.270 e. The molecule has 4 heteroatoms. The summed E-state index contributed by atoms with van der Waals surface area (Å²) in [6.07, 6.45) is 4.83. The van der Waals surface area contributed by atoms with Crippen LogP contribution in [0.15, 0.2) is 12.1 Å². The van der Waals surface area contributed by atoms with Crippen LogP contribution in [0.3, 0.4) is 0 Å². The summed E-state index contributed by atoms with van der Waals surface area (Å²) in [7, 11) is 1.98. The zero-order valence-corrected chi connectivity index (χ0v) is 12.6. The van der Waals surface area contributed by atoms with Crippen molar-refractivity contribution in [2.75, 3.05) is 19.6 Å². The van der Waals surface area contributed by atoms with Crippen LogP contribution in [0.25, 0.3) is 0 Å². The molecule has 2 aliphatic rings. The van der Waals surface area contributed by atoms with Gasteiger partial charge in [0.1, 0.15) is 5.69 Å². The van der Waals surface area contributed by atoms with Gasteiger partial charge in [0.05, 0.1) is 0 Å². The van der Waals surface area contributed by atoms with Gasteiger partial charge in [-0.05, 0) is 63.7 Å². The Morgan fingerprint density at radius 2 is 2.20 bits per heavy atom. The summed E-state index contributed by atoms with van der Waals surface area (Å²) < 4.78 is 2.01. The maximum Gasteiger partial charge on any atom is 0.270 e. The summed E-state index contributed by atoms with van der Waals surface area (Å²) in [4.78, 5) is 15.0. The number of nitrogens with zero attached hydrogens (tertiary/aromatic N) is 2. The molecule has 1 amide bonds. The molecule has 2 heterocycles. The predicted molar refractivity (Wildman–Crippen MR) is 79.8 cm³/mol. The lowest BCUT2D eigenvalue weighted by atomic mass is 9.99. The number of amides is 1. The third-order valence-corrected chi connectivity index (χ3v) is 4.69. The van der Waals surface area contributed by atoms with Crippen molar-refractivity contribution in [3.63, 3.8) is 0 Å². The first-order valence-electron chi connectivity index (χ1n) is 7.81. The van der Waals surface area contributed by atoms with E-state index in [1.54, 1.807) is 0 Å². The van der Waals surface area contributed by atoms with E-state index in [4.69, 9.17) is 0 Å². The molecule has 0 aromatic carbocycles. The van der Waals surface area contributed by atoms with Gasteiger partial charge in [-0.25, -0.2) is 0 Å². The number of hydrogen-bond acceptors (Lipinski definition) is 2. The summed E-state index contributed by atoms with van der Waals surface area (Å²) in [6.45, 7) is 5.15. The normalized spacial score (nSPS) is 22.8. The van der Waals surface area contributed by atoms with Crippen LogP contribution in [-0.4, -0.2) is 41.1 Å². The van der Waals surface area contributed by atoms with E-state index in [0.29, 0.717) is 12.0 Å². The molecule has 1 aliphatic carbocycles. The van der Waals surface area contributed by atoms with E-state index in [2.05, 4.69) is 10.2 Å². The number of rotatable bonds is 4. The van der Waals surface area contributed by atoms with E-state index in [9.17, 15) is 4.79 Å². The molecule has 4 nitrogen and oxygen atoms in total. The molecule has 20 heavy (non-hydrogen) atoms. The molecule has 1 saturated carbocycles. The second-order valence-electron chi connectivity index (χ2n) is 6.32. The molecule has 0 bridgehead atoms. The lowest BCUT2D eigenvalue weighted by Gasteiger charge is -2.30. The van der Waals surface area contributed by atoms with Crippen molar-refractivity contribution in [2.45, 2.75) is 38.6 Å². The quantitative estimate of drug-likeness (QED) is 0.912. The Morgan fingerprint density at radius 1 is 1.40 bits per heavy atom. The van der Waals surface area contributed by atoms with Crippen LogP contribution in [0.1, 0.15) is 41.9 Å². The van der Waals surface area contributed by atoms with Gasteiger partial charge >= 0.3 is 0 Å². The maximum atomic E-state index is 12.8. The van der Waals surface area contributed by atoms with Gasteiger partial charge in [-0.3, -0.25) is 4.79 Å². The zero-order valence-electron chi connectivity index (χ0n) is 12.6. The van der Waals surface area contributed by atoms with E-state index in [1.807, 2.05) is 30.7 Å². The Bertz CT molecular complexity index is 484. The van der Waals surface area contributed by atoms with E-state index in [0.717, 1.165) is 31.0 Å². The van der Waals surface area contributed by atoms with Gasteiger partial charge in [0.15, 0.2) is 0 Å². The molecule has 0 spiro atoms. The summed E-state index contributed by atoms with van der Waals surface area (Å²) in [5.41, 5.74) is 1.97. The fourth-order valence-corrected chi connectivity index (χ4v) is 3.12.